The van der Waals surface area contributed by atoms with Crippen molar-refractivity contribution in [2.45, 2.75) is 37.6 Å². The fourth-order valence-electron chi connectivity index (χ4n) is 4.38. The molecule has 0 spiro atoms. The number of ether oxygens (including phenoxy) is 3. The molecule has 2 atom stereocenters. The number of piperidine rings is 1. The molecule has 0 amide bonds. The van der Waals surface area contributed by atoms with Crippen molar-refractivity contribution in [2.75, 3.05) is 39.5 Å². The number of aromatic nitrogens is 1. The average molecular weight is 470 g/mol. The van der Waals surface area contributed by atoms with Gasteiger partial charge in [-0.15, -0.1) is 11.3 Å². The van der Waals surface area contributed by atoms with Crippen LogP contribution in [-0.2, 0) is 11.3 Å². The number of fused-ring (bicyclic) bond motifs is 2. The van der Waals surface area contributed by atoms with E-state index in [9.17, 15) is 5.11 Å². The summed E-state index contributed by atoms with van der Waals surface area (Å²) in [6.07, 6.45) is 1.49. The summed E-state index contributed by atoms with van der Waals surface area (Å²) in [5.41, 5.74) is 1.08. The summed E-state index contributed by atoms with van der Waals surface area (Å²) < 4.78 is 18.6. The average Bonchev–Trinajstić information content (AvgIpc) is 3.27. The first-order valence-corrected chi connectivity index (χ1v) is 12.5. The van der Waals surface area contributed by atoms with E-state index in [-0.39, 0.29) is 6.10 Å². The Labute approximate surface area is 198 Å². The van der Waals surface area contributed by atoms with Gasteiger partial charge in [0.15, 0.2) is 17.6 Å². The molecule has 2 unspecified atom stereocenters. The first-order chi connectivity index (χ1) is 16.2. The van der Waals surface area contributed by atoms with Crippen LogP contribution < -0.4 is 14.8 Å². The summed E-state index contributed by atoms with van der Waals surface area (Å²) in [7, 11) is 0. The Bertz CT molecular complexity index is 1000. The third-order valence-electron chi connectivity index (χ3n) is 6.12. The molecule has 1 aromatic heterocycles. The van der Waals surface area contributed by atoms with Gasteiger partial charge in [0.05, 0.1) is 29.5 Å². The number of para-hydroxylation sites is 3. The summed E-state index contributed by atoms with van der Waals surface area (Å²) in [5, 5.41) is 15.2. The number of nitrogens with one attached hydrogen (secondary N) is 1. The minimum Gasteiger partial charge on any atom is -0.486 e. The van der Waals surface area contributed by atoms with Crippen molar-refractivity contribution >= 4 is 21.6 Å². The number of likely N-dealkylation sites (tertiary alicyclic amines) is 1. The fraction of sp³-hybridized carbons (Fsp3) is 0.480. The first-order valence-electron chi connectivity index (χ1n) is 11.7. The largest absolute Gasteiger partial charge is 0.486 e. The van der Waals surface area contributed by atoms with E-state index < -0.39 is 6.10 Å². The number of benzene rings is 2. The van der Waals surface area contributed by atoms with E-state index in [1.165, 1.54) is 4.70 Å². The van der Waals surface area contributed by atoms with Crippen LogP contribution in [-0.4, -0.2) is 72.7 Å². The van der Waals surface area contributed by atoms with Crippen LogP contribution in [0.3, 0.4) is 0 Å². The van der Waals surface area contributed by atoms with Gasteiger partial charge in [-0.1, -0.05) is 24.3 Å². The molecule has 0 saturated carbocycles. The quantitative estimate of drug-likeness (QED) is 0.499. The number of aliphatic hydroxyl groups is 1. The predicted octanol–water partition coefficient (Wildman–Crippen LogP) is 3.07. The Hall–Kier alpha value is -2.23. The van der Waals surface area contributed by atoms with Crippen molar-refractivity contribution in [2.24, 2.45) is 0 Å². The van der Waals surface area contributed by atoms with Crippen LogP contribution >= 0.6 is 11.3 Å². The molecule has 0 bridgehead atoms. The van der Waals surface area contributed by atoms with Crippen molar-refractivity contribution in [3.8, 4) is 11.5 Å². The van der Waals surface area contributed by atoms with Crippen LogP contribution in [0.15, 0.2) is 48.5 Å². The maximum absolute atomic E-state index is 10.4. The summed E-state index contributed by atoms with van der Waals surface area (Å²) in [6.45, 7) is 4.58. The molecule has 176 valence electrons. The minimum atomic E-state index is -0.506. The zero-order valence-electron chi connectivity index (χ0n) is 18.7. The summed E-state index contributed by atoms with van der Waals surface area (Å²) >= 11 is 1.76. The van der Waals surface area contributed by atoms with Crippen molar-refractivity contribution in [1.82, 2.24) is 15.2 Å². The van der Waals surface area contributed by atoms with E-state index in [0.717, 1.165) is 54.5 Å². The highest BCUT2D eigenvalue weighted by molar-refractivity contribution is 7.18. The third kappa shape index (κ3) is 6.02. The molecule has 8 heteroatoms. The van der Waals surface area contributed by atoms with Crippen LogP contribution in [0, 0.1) is 0 Å². The van der Waals surface area contributed by atoms with Gasteiger partial charge in [-0.25, -0.2) is 4.98 Å². The topological polar surface area (TPSA) is 76.1 Å². The number of hydrogen-bond acceptors (Lipinski definition) is 8. The van der Waals surface area contributed by atoms with E-state index in [4.69, 9.17) is 19.2 Å². The molecule has 5 rings (SSSR count). The first kappa shape index (κ1) is 22.6. The molecule has 2 aliphatic heterocycles. The maximum atomic E-state index is 10.4. The van der Waals surface area contributed by atoms with Gasteiger partial charge in [-0.3, -0.25) is 0 Å². The molecule has 0 radical (unpaired) electrons. The number of β-amino-alcohol motifs (C(OH)–C–C–N with tert-alkyl or cyclic N) is 1. The molecular formula is C25H31N3O4S. The van der Waals surface area contributed by atoms with E-state index in [1.807, 2.05) is 30.3 Å². The summed E-state index contributed by atoms with van der Waals surface area (Å²) in [4.78, 5) is 7.03. The van der Waals surface area contributed by atoms with Gasteiger partial charge in [0, 0.05) is 19.1 Å². The molecule has 3 heterocycles. The lowest BCUT2D eigenvalue weighted by molar-refractivity contribution is -0.0305. The van der Waals surface area contributed by atoms with Crippen LogP contribution in [0.2, 0.25) is 0 Å². The van der Waals surface area contributed by atoms with E-state index in [0.29, 0.717) is 32.4 Å². The second kappa shape index (κ2) is 10.8. The second-order valence-electron chi connectivity index (χ2n) is 8.72. The fourth-order valence-corrected chi connectivity index (χ4v) is 5.30. The van der Waals surface area contributed by atoms with Gasteiger partial charge in [0.1, 0.15) is 11.6 Å². The Morgan fingerprint density at radius 2 is 1.91 bits per heavy atom. The van der Waals surface area contributed by atoms with E-state index in [1.54, 1.807) is 11.3 Å². The van der Waals surface area contributed by atoms with Gasteiger partial charge in [-0.2, -0.15) is 0 Å². The molecule has 1 fully saturated rings. The van der Waals surface area contributed by atoms with Gasteiger partial charge in [0.2, 0.25) is 0 Å². The zero-order chi connectivity index (χ0) is 22.5. The normalized spacial score (nSPS) is 20.2. The Morgan fingerprint density at radius 1 is 1.12 bits per heavy atom. The van der Waals surface area contributed by atoms with Crippen LogP contribution in [0.25, 0.3) is 10.2 Å². The minimum absolute atomic E-state index is 0.149. The van der Waals surface area contributed by atoms with E-state index >= 15 is 0 Å². The number of hydrogen-bond donors (Lipinski definition) is 2. The van der Waals surface area contributed by atoms with Crippen LogP contribution in [0.1, 0.15) is 17.8 Å². The monoisotopic (exact) mass is 469 g/mol. The highest BCUT2D eigenvalue weighted by Gasteiger charge is 2.23. The van der Waals surface area contributed by atoms with E-state index in [2.05, 4.69) is 28.4 Å². The van der Waals surface area contributed by atoms with Crippen molar-refractivity contribution in [1.29, 1.82) is 0 Å². The van der Waals surface area contributed by atoms with Gasteiger partial charge in [-0.05, 0) is 50.2 Å². The lowest BCUT2D eigenvalue weighted by atomic mass is 10.0. The molecule has 2 N–H and O–H groups in total. The summed E-state index contributed by atoms with van der Waals surface area (Å²) in [6, 6.07) is 16.4. The maximum Gasteiger partial charge on any atom is 0.161 e. The molecule has 2 aromatic carbocycles. The molecule has 33 heavy (non-hydrogen) atoms. The molecule has 3 aromatic rings. The summed E-state index contributed by atoms with van der Waals surface area (Å²) in [5.74, 6) is 1.52. The number of nitrogens with zero attached hydrogens (tertiary/aromatic N) is 2. The van der Waals surface area contributed by atoms with Gasteiger partial charge >= 0.3 is 0 Å². The second-order valence-corrected chi connectivity index (χ2v) is 9.84. The smallest absolute Gasteiger partial charge is 0.161 e. The highest BCUT2D eigenvalue weighted by atomic mass is 32.1. The molecule has 0 aliphatic carbocycles. The standard InChI is InChI=1S/C25H31N3O4S/c29-19(15-30-16-20-17-31-22-6-2-3-7-23(22)32-20)14-28-11-9-18(10-12-28)26-13-25-27-21-5-1-4-8-24(21)33-25/h1-8,18-20,26,29H,9-17H2. The lowest BCUT2D eigenvalue weighted by Gasteiger charge is -2.33. The Balaban J connectivity index is 0.968. The molecular weight excluding hydrogens is 438 g/mol. The van der Waals surface area contributed by atoms with Crippen LogP contribution in [0.5, 0.6) is 11.5 Å². The Morgan fingerprint density at radius 3 is 2.76 bits per heavy atom. The predicted molar refractivity (Wildman–Crippen MR) is 129 cm³/mol. The molecule has 7 nitrogen and oxygen atoms in total. The number of aliphatic hydroxyl groups excluding tert-OH is 1. The van der Waals surface area contributed by atoms with Crippen molar-refractivity contribution < 1.29 is 19.3 Å². The third-order valence-corrected chi connectivity index (χ3v) is 7.15. The van der Waals surface area contributed by atoms with Gasteiger partial charge < -0.3 is 29.5 Å². The van der Waals surface area contributed by atoms with Crippen LogP contribution in [0.4, 0.5) is 0 Å². The molecule has 1 saturated heterocycles. The molecule has 2 aliphatic rings. The van der Waals surface area contributed by atoms with Crippen molar-refractivity contribution in [3.63, 3.8) is 0 Å². The number of rotatable bonds is 9. The Kier molecular flexibility index (Phi) is 7.38. The van der Waals surface area contributed by atoms with Crippen molar-refractivity contribution in [3.05, 3.63) is 53.5 Å². The number of thiazole rings is 1. The SMILES string of the molecule is OC(COCC1COc2ccccc2O1)CN1CCC(NCc2nc3ccccc3s2)CC1. The highest BCUT2D eigenvalue weighted by Crippen LogP contribution is 2.30. The lowest BCUT2D eigenvalue weighted by Crippen LogP contribution is -2.45. The zero-order valence-corrected chi connectivity index (χ0v) is 19.5. The van der Waals surface area contributed by atoms with Gasteiger partial charge in [0.25, 0.3) is 0 Å².